The van der Waals surface area contributed by atoms with Crippen molar-refractivity contribution in [3.05, 3.63) is 76.9 Å². The monoisotopic (exact) mass is 278 g/mol. The maximum Gasteiger partial charge on any atom is 0.336 e. The second-order valence-electron chi connectivity index (χ2n) is 4.65. The summed E-state index contributed by atoms with van der Waals surface area (Å²) in [6.07, 6.45) is 1.21. The van der Waals surface area contributed by atoms with E-state index in [1.807, 2.05) is 0 Å². The van der Waals surface area contributed by atoms with E-state index >= 15 is 0 Å². The molecule has 2 aromatic carbocycles. The van der Waals surface area contributed by atoms with Gasteiger partial charge in [0.05, 0.1) is 5.56 Å². The van der Waals surface area contributed by atoms with Gasteiger partial charge in [0, 0.05) is 22.3 Å². The molecule has 0 aromatic heterocycles. The molecule has 1 N–H and O–H groups in total. The van der Waals surface area contributed by atoms with Crippen LogP contribution in [0, 0.1) is 0 Å². The molecule has 0 atom stereocenters. The molecule has 3 rings (SSSR count). The number of ketones is 2. The van der Waals surface area contributed by atoms with Crippen LogP contribution >= 0.6 is 0 Å². The lowest BCUT2D eigenvalue weighted by Crippen LogP contribution is -2.17. The highest BCUT2D eigenvalue weighted by Gasteiger charge is 2.28. The third kappa shape index (κ3) is 2.07. The summed E-state index contributed by atoms with van der Waals surface area (Å²) < 4.78 is 0. The quantitative estimate of drug-likeness (QED) is 0.916. The standard InChI is InChI=1S/C17H10O4/c18-15-9-14(10-5-1-4-8-13(10)17(20)21)16(19)12-7-3-2-6-11(12)15/h1-9H,(H,20,21). The average Bonchev–Trinajstić information content (AvgIpc) is 2.51. The molecule has 0 fully saturated rings. The van der Waals surface area contributed by atoms with Gasteiger partial charge >= 0.3 is 5.97 Å². The van der Waals surface area contributed by atoms with Crippen molar-refractivity contribution < 1.29 is 19.5 Å². The van der Waals surface area contributed by atoms with Gasteiger partial charge in [0.1, 0.15) is 0 Å². The fraction of sp³-hybridized carbons (Fsp3) is 0. The van der Waals surface area contributed by atoms with Gasteiger partial charge in [-0.15, -0.1) is 0 Å². The summed E-state index contributed by atoms with van der Waals surface area (Å²) >= 11 is 0. The molecule has 0 spiro atoms. The van der Waals surface area contributed by atoms with Crippen LogP contribution in [0.5, 0.6) is 0 Å². The first kappa shape index (κ1) is 13.0. The molecule has 102 valence electrons. The molecule has 0 saturated heterocycles. The van der Waals surface area contributed by atoms with Crippen LogP contribution in [0.3, 0.4) is 0 Å². The van der Waals surface area contributed by atoms with E-state index in [1.165, 1.54) is 18.2 Å². The largest absolute Gasteiger partial charge is 0.478 e. The predicted octanol–water partition coefficient (Wildman–Crippen LogP) is 2.85. The minimum atomic E-state index is -1.13. The van der Waals surface area contributed by atoms with E-state index in [0.717, 1.165) is 0 Å². The van der Waals surface area contributed by atoms with Gasteiger partial charge in [-0.25, -0.2) is 4.79 Å². The summed E-state index contributed by atoms with van der Waals surface area (Å²) in [5.41, 5.74) is 1.04. The molecule has 0 heterocycles. The summed E-state index contributed by atoms with van der Waals surface area (Å²) in [5.74, 6) is -1.76. The van der Waals surface area contributed by atoms with Gasteiger partial charge in [-0.2, -0.15) is 0 Å². The van der Waals surface area contributed by atoms with Crippen molar-refractivity contribution in [3.8, 4) is 0 Å². The van der Waals surface area contributed by atoms with Crippen LogP contribution in [0.15, 0.2) is 54.6 Å². The fourth-order valence-corrected chi connectivity index (χ4v) is 2.42. The first-order chi connectivity index (χ1) is 10.1. The maximum absolute atomic E-state index is 12.5. The van der Waals surface area contributed by atoms with Crippen molar-refractivity contribution in [2.24, 2.45) is 0 Å². The van der Waals surface area contributed by atoms with E-state index in [9.17, 15) is 19.5 Å². The number of benzene rings is 2. The lowest BCUT2D eigenvalue weighted by molar-refractivity contribution is 0.0696. The molecule has 0 amide bonds. The first-order valence-corrected chi connectivity index (χ1v) is 6.32. The zero-order chi connectivity index (χ0) is 15.0. The smallest absolute Gasteiger partial charge is 0.336 e. The zero-order valence-corrected chi connectivity index (χ0v) is 10.9. The molecular formula is C17H10O4. The minimum absolute atomic E-state index is 0.00396. The van der Waals surface area contributed by atoms with E-state index in [1.54, 1.807) is 36.4 Å². The van der Waals surface area contributed by atoms with Gasteiger partial charge in [0.25, 0.3) is 0 Å². The summed E-state index contributed by atoms with van der Waals surface area (Å²) in [4.78, 5) is 35.9. The summed E-state index contributed by atoms with van der Waals surface area (Å²) in [5, 5.41) is 9.22. The van der Waals surface area contributed by atoms with Crippen LogP contribution in [0.4, 0.5) is 0 Å². The second-order valence-corrected chi connectivity index (χ2v) is 4.65. The number of fused-ring (bicyclic) bond motifs is 1. The van der Waals surface area contributed by atoms with E-state index < -0.39 is 5.97 Å². The Hall–Kier alpha value is -3.01. The lowest BCUT2D eigenvalue weighted by Gasteiger charge is -2.16. The second kappa shape index (κ2) is 4.83. The number of rotatable bonds is 2. The Morgan fingerprint density at radius 3 is 2.05 bits per heavy atom. The van der Waals surface area contributed by atoms with Crippen molar-refractivity contribution >= 4 is 23.1 Å². The van der Waals surface area contributed by atoms with Crippen molar-refractivity contribution in [3.63, 3.8) is 0 Å². The van der Waals surface area contributed by atoms with Gasteiger partial charge in [-0.1, -0.05) is 42.5 Å². The van der Waals surface area contributed by atoms with Crippen molar-refractivity contribution in [1.29, 1.82) is 0 Å². The Kier molecular flexibility index (Phi) is 2.99. The Labute approximate surface area is 120 Å². The number of carbonyl (C=O) groups excluding carboxylic acids is 2. The van der Waals surface area contributed by atoms with Gasteiger partial charge in [-0.05, 0) is 12.1 Å². The van der Waals surface area contributed by atoms with Crippen molar-refractivity contribution in [2.75, 3.05) is 0 Å². The Bertz CT molecular complexity index is 815. The normalized spacial score (nSPS) is 13.6. The third-order valence-electron chi connectivity index (χ3n) is 3.40. The highest BCUT2D eigenvalue weighted by Crippen LogP contribution is 2.29. The molecule has 4 nitrogen and oxygen atoms in total. The topological polar surface area (TPSA) is 71.4 Å². The van der Waals surface area contributed by atoms with Crippen LogP contribution in [-0.2, 0) is 0 Å². The zero-order valence-electron chi connectivity index (χ0n) is 10.9. The molecule has 1 aliphatic carbocycles. The molecule has 0 saturated carbocycles. The molecule has 0 bridgehead atoms. The third-order valence-corrected chi connectivity index (χ3v) is 3.40. The molecule has 0 radical (unpaired) electrons. The van der Waals surface area contributed by atoms with Crippen LogP contribution in [0.1, 0.15) is 36.6 Å². The van der Waals surface area contributed by atoms with Gasteiger partial charge in [-0.3, -0.25) is 9.59 Å². The molecule has 0 unspecified atom stereocenters. The summed E-state index contributed by atoms with van der Waals surface area (Å²) in [6, 6.07) is 12.7. The maximum atomic E-state index is 12.5. The predicted molar refractivity (Wildman–Crippen MR) is 76.5 cm³/mol. The summed E-state index contributed by atoms with van der Waals surface area (Å²) in [6.45, 7) is 0. The van der Waals surface area contributed by atoms with Crippen molar-refractivity contribution in [2.45, 2.75) is 0 Å². The Morgan fingerprint density at radius 2 is 1.38 bits per heavy atom. The van der Waals surface area contributed by atoms with E-state index in [-0.39, 0.29) is 28.3 Å². The minimum Gasteiger partial charge on any atom is -0.478 e. The van der Waals surface area contributed by atoms with E-state index in [0.29, 0.717) is 11.1 Å². The van der Waals surface area contributed by atoms with E-state index in [2.05, 4.69) is 0 Å². The summed E-state index contributed by atoms with van der Waals surface area (Å²) in [7, 11) is 0. The number of carbonyl (C=O) groups is 3. The molecule has 0 aliphatic heterocycles. The number of hydrogen-bond acceptors (Lipinski definition) is 3. The number of carboxylic acids is 1. The van der Waals surface area contributed by atoms with Gasteiger partial charge in [0.2, 0.25) is 0 Å². The highest BCUT2D eigenvalue weighted by molar-refractivity contribution is 6.39. The van der Waals surface area contributed by atoms with E-state index in [4.69, 9.17) is 0 Å². The van der Waals surface area contributed by atoms with Gasteiger partial charge < -0.3 is 5.11 Å². The molecule has 21 heavy (non-hydrogen) atoms. The van der Waals surface area contributed by atoms with Crippen LogP contribution in [0.2, 0.25) is 0 Å². The number of hydrogen-bond donors (Lipinski definition) is 1. The fourth-order valence-electron chi connectivity index (χ4n) is 2.42. The Morgan fingerprint density at radius 1 is 0.810 bits per heavy atom. The van der Waals surface area contributed by atoms with Crippen molar-refractivity contribution in [1.82, 2.24) is 0 Å². The van der Waals surface area contributed by atoms with Gasteiger partial charge in [0.15, 0.2) is 11.6 Å². The molecular weight excluding hydrogens is 268 g/mol. The highest BCUT2D eigenvalue weighted by atomic mass is 16.4. The van der Waals surface area contributed by atoms with Crippen LogP contribution in [0.25, 0.3) is 5.57 Å². The van der Waals surface area contributed by atoms with Crippen LogP contribution in [-0.4, -0.2) is 22.6 Å². The number of aromatic carboxylic acids is 1. The number of Topliss-reactive ketones (excluding diaryl/α,β-unsaturated/α-hetero) is 1. The molecule has 2 aromatic rings. The van der Waals surface area contributed by atoms with Crippen LogP contribution < -0.4 is 0 Å². The molecule has 1 aliphatic rings. The lowest BCUT2D eigenvalue weighted by atomic mass is 9.85. The number of carboxylic acid groups (broad SMARTS) is 1. The molecule has 4 heteroatoms. The SMILES string of the molecule is O=C(O)c1ccccc1C1=CC(=O)c2ccccc2C1=O. The Balaban J connectivity index is 2.20. The first-order valence-electron chi connectivity index (χ1n) is 6.32. The average molecular weight is 278 g/mol. The number of allylic oxidation sites excluding steroid dienone is 2.